The molecule has 0 atom stereocenters. The predicted molar refractivity (Wildman–Crippen MR) is 296 cm³/mol. The number of aryl methyl sites for hydroxylation is 4. The summed E-state index contributed by atoms with van der Waals surface area (Å²) < 4.78 is 96.4. The highest BCUT2D eigenvalue weighted by Crippen LogP contribution is 2.49. The van der Waals surface area contributed by atoms with Crippen molar-refractivity contribution in [3.05, 3.63) is 239 Å². The standard InChI is InChI=1S/C67H45F6N3/c1-39-5-13-44(14-6-39)48-21-27-59-53(33-48)54-34-49(45-15-7-40(2)8-16-45)22-28-60(54)75(59)63-31-43(38-74)32-64(65(63)57-37-52(66(68,69)70)25-26-58(57)67(71,72)73)76-61-29-23-50(46-17-9-41(3)10-18-46)35-55(61)56-36-51(24-30-62(56)76)47-19-11-42(4)12-20-47/h5-37H,1-4H3. The number of aromatic nitrogens is 2. The van der Waals surface area contributed by atoms with Crippen LogP contribution in [0.25, 0.3) is 111 Å². The molecule has 0 aliphatic heterocycles. The van der Waals surface area contributed by atoms with Gasteiger partial charge in [0.1, 0.15) is 0 Å². The molecule has 3 nitrogen and oxygen atoms in total. The summed E-state index contributed by atoms with van der Waals surface area (Å²) in [7, 11) is 0. The van der Waals surface area contributed by atoms with Crippen LogP contribution >= 0.6 is 0 Å². The molecule has 0 aliphatic carbocycles. The van der Waals surface area contributed by atoms with E-state index in [1.165, 1.54) is 12.1 Å². The van der Waals surface area contributed by atoms with Gasteiger partial charge in [-0.15, -0.1) is 0 Å². The monoisotopic (exact) mass is 1010 g/mol. The van der Waals surface area contributed by atoms with Gasteiger partial charge in [0.05, 0.1) is 56.2 Å². The van der Waals surface area contributed by atoms with E-state index in [2.05, 4.69) is 6.07 Å². The van der Waals surface area contributed by atoms with E-state index in [0.29, 0.717) is 40.3 Å². The fourth-order valence-electron chi connectivity index (χ4n) is 10.7. The van der Waals surface area contributed by atoms with E-state index < -0.39 is 29.0 Å². The average molecular weight is 1010 g/mol. The van der Waals surface area contributed by atoms with Crippen molar-refractivity contribution in [3.8, 4) is 73.1 Å². The summed E-state index contributed by atoms with van der Waals surface area (Å²) in [5, 5.41) is 14.1. The van der Waals surface area contributed by atoms with E-state index in [4.69, 9.17) is 0 Å². The Labute approximate surface area is 434 Å². The second-order valence-corrected chi connectivity index (χ2v) is 19.8. The third-order valence-corrected chi connectivity index (χ3v) is 14.7. The van der Waals surface area contributed by atoms with Gasteiger partial charge in [0.15, 0.2) is 0 Å². The summed E-state index contributed by atoms with van der Waals surface area (Å²) in [6.45, 7) is 8.03. The van der Waals surface area contributed by atoms with E-state index in [0.717, 1.165) is 88.3 Å². The fourth-order valence-corrected chi connectivity index (χ4v) is 10.7. The van der Waals surface area contributed by atoms with Crippen LogP contribution in [0.2, 0.25) is 0 Å². The first-order valence-corrected chi connectivity index (χ1v) is 24.8. The highest BCUT2D eigenvalue weighted by molar-refractivity contribution is 6.14. The number of benzene rings is 10. The maximum atomic E-state index is 15.8. The molecule has 76 heavy (non-hydrogen) atoms. The maximum Gasteiger partial charge on any atom is 0.417 e. The molecule has 0 saturated carbocycles. The normalized spacial score (nSPS) is 12.1. The van der Waals surface area contributed by atoms with Crippen LogP contribution in [0.3, 0.4) is 0 Å². The SMILES string of the molecule is Cc1ccc(-c2ccc3c(c2)c2cc(-c4ccc(C)cc4)ccc2n3-c2cc(C#N)cc(-n3c4ccc(-c5ccc(C)cc5)cc4c4cc(-c5ccc(C)cc5)ccc43)c2-c2cc(C(F)(F)F)ccc2C(F)(F)F)cc1. The van der Waals surface area contributed by atoms with Gasteiger partial charge in [-0.05, 0) is 157 Å². The molecule has 0 amide bonds. The summed E-state index contributed by atoms with van der Waals surface area (Å²) in [6.07, 6.45) is -10.1. The summed E-state index contributed by atoms with van der Waals surface area (Å²) >= 11 is 0. The van der Waals surface area contributed by atoms with Crippen molar-refractivity contribution in [3.63, 3.8) is 0 Å². The first kappa shape index (κ1) is 47.8. The number of rotatable bonds is 7. The third-order valence-electron chi connectivity index (χ3n) is 14.7. The van der Waals surface area contributed by atoms with Crippen LogP contribution in [0.1, 0.15) is 38.9 Å². The lowest BCUT2D eigenvalue weighted by atomic mass is 9.92. The lowest BCUT2D eigenvalue weighted by molar-refractivity contribution is -0.141. The average Bonchev–Trinajstić information content (AvgIpc) is 3.92. The maximum absolute atomic E-state index is 15.8. The molecule has 9 heteroatoms. The Morgan fingerprint density at radius 1 is 0.342 bits per heavy atom. The molecule has 12 rings (SSSR count). The second kappa shape index (κ2) is 18.1. The van der Waals surface area contributed by atoms with Crippen molar-refractivity contribution in [2.24, 2.45) is 0 Å². The van der Waals surface area contributed by atoms with Gasteiger partial charge >= 0.3 is 12.4 Å². The van der Waals surface area contributed by atoms with Gasteiger partial charge in [0.25, 0.3) is 0 Å². The Balaban J connectivity index is 1.24. The van der Waals surface area contributed by atoms with Crippen LogP contribution in [0.4, 0.5) is 26.3 Å². The molecule has 0 spiro atoms. The third kappa shape index (κ3) is 8.36. The van der Waals surface area contributed by atoms with E-state index in [1.807, 2.05) is 207 Å². The highest BCUT2D eigenvalue weighted by Gasteiger charge is 2.39. The molecule has 0 saturated heterocycles. The van der Waals surface area contributed by atoms with E-state index in [1.54, 1.807) is 0 Å². The molecule has 12 aromatic rings. The lowest BCUT2D eigenvalue weighted by Gasteiger charge is -2.24. The van der Waals surface area contributed by atoms with Crippen LogP contribution in [0.5, 0.6) is 0 Å². The van der Waals surface area contributed by atoms with Crippen LogP contribution in [-0.4, -0.2) is 9.13 Å². The largest absolute Gasteiger partial charge is 0.417 e. The second-order valence-electron chi connectivity index (χ2n) is 19.8. The summed E-state index contributed by atoms with van der Waals surface area (Å²) in [4.78, 5) is 0. The van der Waals surface area contributed by atoms with Gasteiger partial charge < -0.3 is 9.13 Å². The topological polar surface area (TPSA) is 33.6 Å². The fraction of sp³-hybridized carbons (Fsp3) is 0.0896. The molecule has 370 valence electrons. The Bertz CT molecular complexity index is 3880. The zero-order valence-electron chi connectivity index (χ0n) is 41.7. The molecular weight excluding hydrogens is 961 g/mol. The number of fused-ring (bicyclic) bond motifs is 6. The quantitative estimate of drug-likeness (QED) is 0.147. The van der Waals surface area contributed by atoms with E-state index in [9.17, 15) is 5.26 Å². The minimum atomic E-state index is -5.11. The van der Waals surface area contributed by atoms with Crippen LogP contribution in [-0.2, 0) is 12.4 Å². The Kier molecular flexibility index (Phi) is 11.4. The number of alkyl halides is 6. The van der Waals surface area contributed by atoms with E-state index in [-0.39, 0.29) is 22.5 Å². The van der Waals surface area contributed by atoms with Gasteiger partial charge in [-0.2, -0.15) is 31.6 Å². The summed E-state index contributed by atoms with van der Waals surface area (Å²) in [5.74, 6) is 0. The molecule has 0 fully saturated rings. The molecule has 2 heterocycles. The zero-order valence-corrected chi connectivity index (χ0v) is 41.7. The molecule has 0 N–H and O–H groups in total. The summed E-state index contributed by atoms with van der Waals surface area (Å²) in [5.41, 5.74) is 10.8. The van der Waals surface area contributed by atoms with Crippen LogP contribution < -0.4 is 0 Å². The first-order chi connectivity index (χ1) is 36.5. The smallest absolute Gasteiger partial charge is 0.308 e. The Hall–Kier alpha value is -9.13. The van der Waals surface area contributed by atoms with Gasteiger partial charge in [-0.25, -0.2) is 0 Å². The number of hydrogen-bond donors (Lipinski definition) is 0. The Morgan fingerprint density at radius 3 is 0.921 bits per heavy atom. The van der Waals surface area contributed by atoms with Crippen molar-refractivity contribution < 1.29 is 26.3 Å². The number of hydrogen-bond acceptors (Lipinski definition) is 1. The molecular formula is C67H45F6N3. The predicted octanol–water partition coefficient (Wildman–Crippen LogP) is 19.4. The first-order valence-electron chi connectivity index (χ1n) is 24.8. The lowest BCUT2D eigenvalue weighted by Crippen LogP contribution is -2.13. The van der Waals surface area contributed by atoms with E-state index >= 15 is 26.3 Å². The molecule has 0 aliphatic rings. The molecule has 0 radical (unpaired) electrons. The van der Waals surface area contributed by atoms with Crippen molar-refractivity contribution >= 4 is 43.6 Å². The highest BCUT2D eigenvalue weighted by atomic mass is 19.4. The summed E-state index contributed by atoms with van der Waals surface area (Å²) in [6, 6.07) is 62.8. The van der Waals surface area contributed by atoms with Crippen molar-refractivity contribution in [1.29, 1.82) is 5.26 Å². The van der Waals surface area contributed by atoms with Crippen molar-refractivity contribution in [2.75, 3.05) is 0 Å². The number of halogens is 6. The van der Waals surface area contributed by atoms with Crippen LogP contribution in [0, 0.1) is 39.0 Å². The van der Waals surface area contributed by atoms with Gasteiger partial charge in [0, 0.05) is 27.1 Å². The zero-order chi connectivity index (χ0) is 52.8. The molecule has 10 aromatic carbocycles. The van der Waals surface area contributed by atoms with Crippen molar-refractivity contribution in [1.82, 2.24) is 9.13 Å². The minimum absolute atomic E-state index is 0.0828. The molecule has 0 unspecified atom stereocenters. The molecule has 2 aromatic heterocycles. The minimum Gasteiger partial charge on any atom is -0.308 e. The molecule has 0 bridgehead atoms. The van der Waals surface area contributed by atoms with Gasteiger partial charge in [0.2, 0.25) is 0 Å². The Morgan fingerprint density at radius 2 is 0.645 bits per heavy atom. The number of nitrogens with zero attached hydrogens (tertiary/aromatic N) is 3. The van der Waals surface area contributed by atoms with Crippen LogP contribution in [0.15, 0.2) is 200 Å². The van der Waals surface area contributed by atoms with Gasteiger partial charge in [-0.1, -0.05) is 144 Å². The van der Waals surface area contributed by atoms with Gasteiger partial charge in [-0.3, -0.25) is 0 Å². The number of nitriles is 1. The van der Waals surface area contributed by atoms with Crippen molar-refractivity contribution in [2.45, 2.75) is 40.0 Å².